The van der Waals surface area contributed by atoms with Crippen molar-refractivity contribution in [3.8, 4) is 0 Å². The Morgan fingerprint density at radius 3 is 2.86 bits per heavy atom. The maximum absolute atomic E-state index is 4.76. The molecule has 0 aromatic carbocycles. The summed E-state index contributed by atoms with van der Waals surface area (Å²) < 4.78 is 0. The largest absolute Gasteiger partial charge is 0.389 e. The Balaban J connectivity index is 2.49. The second-order valence-electron chi connectivity index (χ2n) is 1.45. The van der Waals surface area contributed by atoms with Gasteiger partial charge in [-0.3, -0.25) is 0 Å². The minimum absolute atomic E-state index is 0.157. The summed E-state index contributed by atoms with van der Waals surface area (Å²) in [6.45, 7) is 1.94. The van der Waals surface area contributed by atoms with Crippen molar-refractivity contribution in [2.24, 2.45) is 5.16 Å². The summed E-state index contributed by atoms with van der Waals surface area (Å²) in [5, 5.41) is 3.55. The lowest BCUT2D eigenvalue weighted by molar-refractivity contribution is 0.104. The van der Waals surface area contributed by atoms with Crippen LogP contribution in [0.15, 0.2) is 17.3 Å². The highest BCUT2D eigenvalue weighted by molar-refractivity contribution is 5.71. The fourth-order valence-electron chi connectivity index (χ4n) is 0.408. The van der Waals surface area contributed by atoms with Crippen molar-refractivity contribution >= 4 is 6.21 Å². The smallest absolute Gasteiger partial charge is 0.143 e. The van der Waals surface area contributed by atoms with Gasteiger partial charge in [-0.25, -0.2) is 0 Å². The van der Waals surface area contributed by atoms with Crippen LogP contribution in [0.25, 0.3) is 0 Å². The van der Waals surface area contributed by atoms with Crippen molar-refractivity contribution < 1.29 is 4.84 Å². The van der Waals surface area contributed by atoms with Crippen LogP contribution in [-0.4, -0.2) is 12.3 Å². The molecular weight excluding hydrogens is 90.1 g/mol. The first-order valence-electron chi connectivity index (χ1n) is 2.25. The van der Waals surface area contributed by atoms with Crippen molar-refractivity contribution in [2.75, 3.05) is 0 Å². The van der Waals surface area contributed by atoms with Crippen LogP contribution in [0.1, 0.15) is 6.92 Å². The van der Waals surface area contributed by atoms with Gasteiger partial charge < -0.3 is 4.84 Å². The van der Waals surface area contributed by atoms with Crippen LogP contribution in [-0.2, 0) is 4.84 Å². The first-order valence-corrected chi connectivity index (χ1v) is 2.25. The molecule has 0 spiro atoms. The number of nitrogens with zero attached hydrogens (tertiary/aromatic N) is 1. The van der Waals surface area contributed by atoms with Crippen molar-refractivity contribution in [1.82, 2.24) is 0 Å². The molecule has 1 unspecified atom stereocenters. The first kappa shape index (κ1) is 4.37. The lowest BCUT2D eigenvalue weighted by Gasteiger charge is -2.04. The third-order valence-electron chi connectivity index (χ3n) is 0.756. The van der Waals surface area contributed by atoms with E-state index in [4.69, 9.17) is 4.84 Å². The van der Waals surface area contributed by atoms with Crippen molar-refractivity contribution in [2.45, 2.75) is 13.0 Å². The predicted octanol–water partition coefficient (Wildman–Crippen LogP) is 0.947. The molecule has 0 saturated heterocycles. The minimum atomic E-state index is 0.157. The van der Waals surface area contributed by atoms with Crippen LogP contribution in [0.5, 0.6) is 0 Å². The summed E-state index contributed by atoms with van der Waals surface area (Å²) in [4.78, 5) is 4.76. The average Bonchev–Trinajstić information content (AvgIpc) is 1.69. The zero-order valence-corrected chi connectivity index (χ0v) is 4.16. The Labute approximate surface area is 42.5 Å². The van der Waals surface area contributed by atoms with Crippen LogP contribution in [0.3, 0.4) is 0 Å². The van der Waals surface area contributed by atoms with Gasteiger partial charge in [0, 0.05) is 0 Å². The predicted molar refractivity (Wildman–Crippen MR) is 28.2 cm³/mol. The number of hydrogen-bond acceptors (Lipinski definition) is 2. The van der Waals surface area contributed by atoms with Gasteiger partial charge in [-0.05, 0) is 19.1 Å². The lowest BCUT2D eigenvalue weighted by Crippen LogP contribution is -2.01. The van der Waals surface area contributed by atoms with Crippen molar-refractivity contribution in [3.05, 3.63) is 12.2 Å². The van der Waals surface area contributed by atoms with E-state index in [0.717, 1.165) is 0 Å². The van der Waals surface area contributed by atoms with Gasteiger partial charge in [0.2, 0.25) is 0 Å². The molecule has 0 saturated carbocycles. The summed E-state index contributed by atoms with van der Waals surface area (Å²) in [7, 11) is 0. The average molecular weight is 97.1 g/mol. The summed E-state index contributed by atoms with van der Waals surface area (Å²) in [5.74, 6) is 0. The molecule has 1 atom stereocenters. The molecule has 38 valence electrons. The van der Waals surface area contributed by atoms with E-state index >= 15 is 0 Å². The van der Waals surface area contributed by atoms with Gasteiger partial charge in [0.05, 0.1) is 6.21 Å². The normalized spacial score (nSPS) is 27.3. The SMILES string of the molecule is CC1C=CC=NO1. The zero-order chi connectivity index (χ0) is 5.11. The Morgan fingerprint density at radius 1 is 1.71 bits per heavy atom. The fourth-order valence-corrected chi connectivity index (χ4v) is 0.408. The van der Waals surface area contributed by atoms with E-state index in [9.17, 15) is 0 Å². The Hall–Kier alpha value is -0.790. The Morgan fingerprint density at radius 2 is 2.57 bits per heavy atom. The number of rotatable bonds is 0. The molecule has 0 aliphatic carbocycles. The van der Waals surface area contributed by atoms with E-state index in [-0.39, 0.29) is 6.10 Å². The van der Waals surface area contributed by atoms with Crippen molar-refractivity contribution in [1.29, 1.82) is 0 Å². The Bertz CT molecular complexity index is 107. The van der Waals surface area contributed by atoms with E-state index in [2.05, 4.69) is 5.16 Å². The van der Waals surface area contributed by atoms with Gasteiger partial charge in [-0.1, -0.05) is 5.16 Å². The molecule has 7 heavy (non-hydrogen) atoms. The number of hydrogen-bond donors (Lipinski definition) is 0. The monoisotopic (exact) mass is 97.1 g/mol. The molecule has 0 radical (unpaired) electrons. The first-order chi connectivity index (χ1) is 3.39. The molecule has 0 amide bonds. The van der Waals surface area contributed by atoms with E-state index in [1.165, 1.54) is 0 Å². The molecule has 1 aliphatic heterocycles. The van der Waals surface area contributed by atoms with Crippen LogP contribution >= 0.6 is 0 Å². The van der Waals surface area contributed by atoms with Gasteiger partial charge in [0.15, 0.2) is 0 Å². The molecule has 0 aromatic heterocycles. The third-order valence-corrected chi connectivity index (χ3v) is 0.756. The molecule has 0 aromatic rings. The molecule has 2 nitrogen and oxygen atoms in total. The highest BCUT2D eigenvalue weighted by atomic mass is 16.6. The summed E-state index contributed by atoms with van der Waals surface area (Å²) in [5.41, 5.74) is 0. The van der Waals surface area contributed by atoms with Crippen LogP contribution in [0.4, 0.5) is 0 Å². The maximum Gasteiger partial charge on any atom is 0.143 e. The zero-order valence-electron chi connectivity index (χ0n) is 4.16. The molecule has 1 aliphatic rings. The highest BCUT2D eigenvalue weighted by Gasteiger charge is 1.94. The number of oxime groups is 1. The topological polar surface area (TPSA) is 21.6 Å². The third kappa shape index (κ3) is 1.03. The highest BCUT2D eigenvalue weighted by Crippen LogP contribution is 1.95. The van der Waals surface area contributed by atoms with Gasteiger partial charge in [0.1, 0.15) is 6.10 Å². The van der Waals surface area contributed by atoms with Gasteiger partial charge in [-0.2, -0.15) is 0 Å². The molecule has 1 rings (SSSR count). The van der Waals surface area contributed by atoms with E-state index in [1.807, 2.05) is 19.1 Å². The van der Waals surface area contributed by atoms with Crippen LogP contribution in [0, 0.1) is 0 Å². The molecular formula is C5H7NO. The van der Waals surface area contributed by atoms with Crippen LogP contribution < -0.4 is 0 Å². The molecule has 0 bridgehead atoms. The second kappa shape index (κ2) is 1.78. The minimum Gasteiger partial charge on any atom is -0.389 e. The van der Waals surface area contributed by atoms with Gasteiger partial charge >= 0.3 is 0 Å². The van der Waals surface area contributed by atoms with Gasteiger partial charge in [0.25, 0.3) is 0 Å². The molecule has 1 heterocycles. The maximum atomic E-state index is 4.76. The van der Waals surface area contributed by atoms with Crippen LogP contribution in [0.2, 0.25) is 0 Å². The lowest BCUT2D eigenvalue weighted by atomic mass is 10.3. The molecule has 2 heteroatoms. The second-order valence-corrected chi connectivity index (χ2v) is 1.45. The van der Waals surface area contributed by atoms with Gasteiger partial charge in [-0.15, -0.1) is 0 Å². The summed E-state index contributed by atoms with van der Waals surface area (Å²) >= 11 is 0. The number of allylic oxidation sites excluding steroid dienone is 1. The van der Waals surface area contributed by atoms with E-state index in [1.54, 1.807) is 6.21 Å². The standard InChI is InChI=1S/C5H7NO/c1-5-3-2-4-6-7-5/h2-5H,1H3. The Kier molecular flexibility index (Phi) is 1.11. The fraction of sp³-hybridized carbons (Fsp3) is 0.400. The van der Waals surface area contributed by atoms with Crippen molar-refractivity contribution in [3.63, 3.8) is 0 Å². The van der Waals surface area contributed by atoms with E-state index < -0.39 is 0 Å². The quantitative estimate of drug-likeness (QED) is 0.441. The van der Waals surface area contributed by atoms with E-state index in [0.29, 0.717) is 0 Å². The molecule has 0 N–H and O–H groups in total. The molecule has 0 fully saturated rings. The summed E-state index contributed by atoms with van der Waals surface area (Å²) in [6, 6.07) is 0. The summed E-state index contributed by atoms with van der Waals surface area (Å²) in [6.07, 6.45) is 5.59.